The Morgan fingerprint density at radius 1 is 1.06 bits per heavy atom. The third kappa shape index (κ3) is 10.0. The van der Waals surface area contributed by atoms with Crippen molar-refractivity contribution in [1.82, 2.24) is 4.90 Å². The molecule has 190 valence electrons. The van der Waals surface area contributed by atoms with Crippen molar-refractivity contribution in [1.29, 1.82) is 0 Å². The molecule has 0 aromatic carbocycles. The molecule has 0 aromatic rings. The van der Waals surface area contributed by atoms with Crippen molar-refractivity contribution in [2.45, 2.75) is 103 Å². The molecule has 2 rings (SSSR count). The number of aliphatic hydroxyl groups excluding tert-OH is 4. The summed E-state index contributed by atoms with van der Waals surface area (Å²) in [6.07, 6.45) is 5.14. The Hall–Kier alpha value is -0.770. The van der Waals surface area contributed by atoms with Crippen LogP contribution < -0.4 is 0 Å². The average Bonchev–Trinajstić information content (AvgIpc) is 2.71. The Kier molecular flexibility index (Phi) is 13.9. The summed E-state index contributed by atoms with van der Waals surface area (Å²) in [5.41, 5.74) is 0. The van der Waals surface area contributed by atoms with Gasteiger partial charge in [0.15, 0.2) is 0 Å². The minimum absolute atomic E-state index is 0.213. The first-order valence-corrected chi connectivity index (χ1v) is 12.3. The molecule has 0 unspecified atom stereocenters. The summed E-state index contributed by atoms with van der Waals surface area (Å²) in [7, 11) is 0. The van der Waals surface area contributed by atoms with E-state index in [1.807, 2.05) is 4.90 Å². The molecule has 1 aliphatic heterocycles. The molecule has 8 heteroatoms. The van der Waals surface area contributed by atoms with E-state index < -0.39 is 30.3 Å². The van der Waals surface area contributed by atoms with E-state index in [9.17, 15) is 20.4 Å². The third-order valence-corrected chi connectivity index (χ3v) is 6.85. The Bertz CT molecular complexity index is 515. The molecule has 8 nitrogen and oxygen atoms in total. The maximum absolute atomic E-state index is 10.0. The van der Waals surface area contributed by atoms with Crippen molar-refractivity contribution >= 4 is 5.97 Å². The number of aliphatic hydroxyl groups is 4. The summed E-state index contributed by atoms with van der Waals surface area (Å²) in [5.74, 6) is 1.32. The summed E-state index contributed by atoms with van der Waals surface area (Å²) < 4.78 is 6.26. The van der Waals surface area contributed by atoms with Crippen LogP contribution in [-0.4, -0.2) is 93.2 Å². The second kappa shape index (κ2) is 15.2. The number of carboxylic acid groups (broad SMARTS) is 1. The van der Waals surface area contributed by atoms with Gasteiger partial charge in [0, 0.05) is 20.1 Å². The van der Waals surface area contributed by atoms with Gasteiger partial charge in [-0.15, -0.1) is 0 Å². The van der Waals surface area contributed by atoms with Gasteiger partial charge in [0.2, 0.25) is 0 Å². The lowest BCUT2D eigenvalue weighted by atomic mass is 9.75. The molecule has 0 spiro atoms. The maximum atomic E-state index is 10.0. The number of carbonyl (C=O) groups is 1. The molecule has 1 heterocycles. The van der Waals surface area contributed by atoms with Crippen LogP contribution in [0.4, 0.5) is 0 Å². The van der Waals surface area contributed by atoms with E-state index in [0.29, 0.717) is 31.0 Å². The summed E-state index contributed by atoms with van der Waals surface area (Å²) >= 11 is 0. The van der Waals surface area contributed by atoms with E-state index in [2.05, 4.69) is 20.8 Å². The van der Waals surface area contributed by atoms with Crippen molar-refractivity contribution in [2.75, 3.05) is 26.3 Å². The lowest BCUT2D eigenvalue weighted by molar-refractivity contribution is -0.145. The molecule has 32 heavy (non-hydrogen) atoms. The van der Waals surface area contributed by atoms with Gasteiger partial charge < -0.3 is 30.3 Å². The van der Waals surface area contributed by atoms with Crippen LogP contribution in [0.25, 0.3) is 0 Å². The molecule has 5 N–H and O–H groups in total. The van der Waals surface area contributed by atoms with E-state index in [4.69, 9.17) is 14.6 Å². The van der Waals surface area contributed by atoms with Crippen LogP contribution in [0.3, 0.4) is 0 Å². The van der Waals surface area contributed by atoms with E-state index in [1.165, 1.54) is 19.3 Å². The molecule has 0 bridgehead atoms. The second-order valence-corrected chi connectivity index (χ2v) is 9.96. The van der Waals surface area contributed by atoms with Crippen molar-refractivity contribution in [3.8, 4) is 0 Å². The Morgan fingerprint density at radius 2 is 1.69 bits per heavy atom. The largest absolute Gasteiger partial charge is 0.481 e. The van der Waals surface area contributed by atoms with Crippen LogP contribution in [0.15, 0.2) is 0 Å². The highest BCUT2D eigenvalue weighted by Gasteiger charge is 2.40. The zero-order valence-electron chi connectivity index (χ0n) is 20.4. The number of ether oxygens (including phenoxy) is 1. The molecular weight excluding hydrogens is 414 g/mol. The molecule has 0 radical (unpaired) electrons. The number of likely N-dealkylation sites (tertiary alicyclic amines) is 1. The van der Waals surface area contributed by atoms with Gasteiger partial charge >= 0.3 is 0 Å². The molecule has 0 aromatic heterocycles. The number of nitrogens with zero attached hydrogens (tertiary/aromatic N) is 1. The zero-order valence-corrected chi connectivity index (χ0v) is 20.4. The standard InChI is InChI=1S/C22H43NO5.C2H4O2/c1-15(2)17-9-8-16(3)12-20(17)28-11-7-5-4-6-10-23-13-19(25)22(27)21(26)18(23)14-24;1-2(3)4/h15-22,24-27H,4-14H2,1-3H3;1H3,(H,3,4)/t16-,17+,18-,19+,20-,21-,22-;/m1./s1. The number of carboxylic acids is 1. The number of unbranched alkanes of at least 4 members (excludes halogenated alkanes) is 3. The summed E-state index contributed by atoms with van der Waals surface area (Å²) in [5, 5.41) is 46.6. The monoisotopic (exact) mass is 461 g/mol. The second-order valence-electron chi connectivity index (χ2n) is 9.96. The van der Waals surface area contributed by atoms with Crippen molar-refractivity contribution in [3.05, 3.63) is 0 Å². The lowest BCUT2D eigenvalue weighted by Crippen LogP contribution is -2.62. The number of hydrogen-bond acceptors (Lipinski definition) is 7. The molecular formula is C24H47NO7. The van der Waals surface area contributed by atoms with Crippen molar-refractivity contribution in [3.63, 3.8) is 0 Å². The summed E-state index contributed by atoms with van der Waals surface area (Å²) in [6.45, 7) is 9.66. The third-order valence-electron chi connectivity index (χ3n) is 6.85. The molecule has 1 saturated carbocycles. The molecule has 0 amide bonds. The number of aliphatic carboxylic acids is 1. The smallest absolute Gasteiger partial charge is 0.300 e. The predicted molar refractivity (Wildman–Crippen MR) is 123 cm³/mol. The molecule has 2 aliphatic rings. The van der Waals surface area contributed by atoms with Gasteiger partial charge in [-0.2, -0.15) is 0 Å². The Morgan fingerprint density at radius 3 is 2.28 bits per heavy atom. The number of rotatable bonds is 10. The highest BCUT2D eigenvalue weighted by molar-refractivity contribution is 5.62. The Balaban J connectivity index is 0.00000118. The maximum Gasteiger partial charge on any atom is 0.300 e. The quantitative estimate of drug-likeness (QED) is 0.312. The zero-order chi connectivity index (χ0) is 24.3. The number of piperidine rings is 1. The fraction of sp³-hybridized carbons (Fsp3) is 0.958. The van der Waals surface area contributed by atoms with E-state index in [0.717, 1.165) is 45.1 Å². The normalized spacial score (nSPS) is 33.6. The first kappa shape index (κ1) is 29.3. The van der Waals surface area contributed by atoms with Gasteiger partial charge in [0.1, 0.15) is 12.2 Å². The van der Waals surface area contributed by atoms with Gasteiger partial charge in [-0.25, -0.2) is 0 Å². The van der Waals surface area contributed by atoms with Crippen LogP contribution in [0, 0.1) is 17.8 Å². The van der Waals surface area contributed by atoms with Crippen LogP contribution in [0.2, 0.25) is 0 Å². The fourth-order valence-electron chi connectivity index (χ4n) is 4.95. The van der Waals surface area contributed by atoms with Gasteiger partial charge in [0.25, 0.3) is 5.97 Å². The lowest BCUT2D eigenvalue weighted by Gasteiger charge is -2.43. The highest BCUT2D eigenvalue weighted by atomic mass is 16.5. The predicted octanol–water partition coefficient (Wildman–Crippen LogP) is 1.87. The summed E-state index contributed by atoms with van der Waals surface area (Å²) in [6, 6.07) is -0.497. The van der Waals surface area contributed by atoms with Crippen LogP contribution in [0.5, 0.6) is 0 Å². The molecule has 7 atom stereocenters. The molecule has 1 aliphatic carbocycles. The SMILES string of the molecule is CC(=O)O.CC(C)[C@@H]1CC[C@@H](C)C[C@H]1OCCCCCCN1C[C@H](O)[C@@H](O)[C@H](O)[C@H]1CO. The number of hydrogen-bond donors (Lipinski definition) is 5. The average molecular weight is 462 g/mol. The first-order chi connectivity index (χ1) is 15.1. The van der Waals surface area contributed by atoms with Gasteiger partial charge in [-0.3, -0.25) is 9.69 Å². The highest BCUT2D eigenvalue weighted by Crippen LogP contribution is 2.35. The minimum Gasteiger partial charge on any atom is -0.481 e. The molecule has 1 saturated heterocycles. The van der Waals surface area contributed by atoms with Gasteiger partial charge in [0.05, 0.1) is 24.9 Å². The van der Waals surface area contributed by atoms with Crippen molar-refractivity contribution < 1.29 is 35.1 Å². The van der Waals surface area contributed by atoms with Crippen molar-refractivity contribution in [2.24, 2.45) is 17.8 Å². The molecule has 2 fully saturated rings. The van der Waals surface area contributed by atoms with Crippen LogP contribution in [0.1, 0.15) is 72.6 Å². The van der Waals surface area contributed by atoms with Gasteiger partial charge in [-0.1, -0.05) is 40.0 Å². The van der Waals surface area contributed by atoms with Crippen LogP contribution >= 0.6 is 0 Å². The van der Waals surface area contributed by atoms with Crippen LogP contribution in [-0.2, 0) is 9.53 Å². The van der Waals surface area contributed by atoms with E-state index in [1.54, 1.807) is 0 Å². The van der Waals surface area contributed by atoms with E-state index >= 15 is 0 Å². The first-order valence-electron chi connectivity index (χ1n) is 12.3. The Labute approximate surface area is 193 Å². The van der Waals surface area contributed by atoms with E-state index in [-0.39, 0.29) is 6.61 Å². The fourth-order valence-corrected chi connectivity index (χ4v) is 4.95. The number of β-amino-alcohol motifs (C(OH)–C–C–N with tert-alkyl or cyclic N) is 1. The topological polar surface area (TPSA) is 131 Å². The van der Waals surface area contributed by atoms with Gasteiger partial charge in [-0.05, 0) is 50.0 Å². The minimum atomic E-state index is -1.18. The summed E-state index contributed by atoms with van der Waals surface area (Å²) in [4.78, 5) is 10.9.